The summed E-state index contributed by atoms with van der Waals surface area (Å²) < 4.78 is 10.0. The molecule has 0 radical (unpaired) electrons. The Balaban J connectivity index is 2.68. The second kappa shape index (κ2) is 4.15. The first-order chi connectivity index (χ1) is 6.30. The highest BCUT2D eigenvalue weighted by atomic mass is 35.5. The van der Waals surface area contributed by atoms with E-state index in [1.165, 1.54) is 0 Å². The largest absolute Gasteiger partial charge is 0.509 e. The van der Waals surface area contributed by atoms with Gasteiger partial charge in [0.1, 0.15) is 17.0 Å². The molecule has 1 aliphatic rings. The van der Waals surface area contributed by atoms with Crippen molar-refractivity contribution in [3.63, 3.8) is 0 Å². The third-order valence-electron chi connectivity index (χ3n) is 2.07. The maximum Gasteiger partial charge on any atom is 0.509 e. The molecule has 0 N–H and O–H groups in total. The number of rotatable bonds is 2. The molecule has 5 heteroatoms. The molecule has 0 spiro atoms. The molecule has 1 fully saturated rings. The Bertz CT molecular complexity index is 223. The minimum atomic E-state index is -0.635. The van der Waals surface area contributed by atoms with Crippen LogP contribution in [0.4, 0.5) is 4.79 Å². The van der Waals surface area contributed by atoms with Crippen LogP contribution in [0.5, 0.6) is 0 Å². The third-order valence-corrected chi connectivity index (χ3v) is 2.43. The SMILES string of the molecule is CC(C)(C)[C@H]1OC(=O)O[C@H]1CC(Cl)Cl. The molecule has 1 aliphatic heterocycles. The van der Waals surface area contributed by atoms with Crippen molar-refractivity contribution >= 4 is 29.4 Å². The van der Waals surface area contributed by atoms with Gasteiger partial charge in [0.2, 0.25) is 0 Å². The maximum absolute atomic E-state index is 11.0. The molecule has 0 bridgehead atoms. The molecule has 1 rings (SSSR count). The van der Waals surface area contributed by atoms with Crippen molar-refractivity contribution in [1.82, 2.24) is 0 Å². The van der Waals surface area contributed by atoms with E-state index in [1.807, 2.05) is 20.8 Å². The molecular weight excluding hydrogens is 227 g/mol. The van der Waals surface area contributed by atoms with Crippen LogP contribution >= 0.6 is 23.2 Å². The predicted molar refractivity (Wildman–Crippen MR) is 54.7 cm³/mol. The van der Waals surface area contributed by atoms with E-state index < -0.39 is 11.0 Å². The van der Waals surface area contributed by atoms with E-state index in [-0.39, 0.29) is 17.6 Å². The van der Waals surface area contributed by atoms with Crippen molar-refractivity contribution in [3.8, 4) is 0 Å². The lowest BCUT2D eigenvalue weighted by molar-refractivity contribution is 0.0498. The van der Waals surface area contributed by atoms with Crippen molar-refractivity contribution in [3.05, 3.63) is 0 Å². The van der Waals surface area contributed by atoms with E-state index in [2.05, 4.69) is 0 Å². The summed E-state index contributed by atoms with van der Waals surface area (Å²) in [4.78, 5) is 10.4. The van der Waals surface area contributed by atoms with Gasteiger partial charge >= 0.3 is 6.16 Å². The molecule has 0 amide bonds. The molecule has 0 unspecified atom stereocenters. The van der Waals surface area contributed by atoms with E-state index in [0.29, 0.717) is 6.42 Å². The molecule has 1 heterocycles. The lowest BCUT2D eigenvalue weighted by atomic mass is 9.85. The van der Waals surface area contributed by atoms with Gasteiger partial charge in [-0.25, -0.2) is 4.79 Å². The van der Waals surface area contributed by atoms with Crippen molar-refractivity contribution < 1.29 is 14.3 Å². The van der Waals surface area contributed by atoms with Crippen LogP contribution in [0.1, 0.15) is 27.2 Å². The van der Waals surface area contributed by atoms with Crippen LogP contribution in [0, 0.1) is 5.41 Å². The van der Waals surface area contributed by atoms with Crippen LogP contribution < -0.4 is 0 Å². The van der Waals surface area contributed by atoms with E-state index in [0.717, 1.165) is 0 Å². The number of halogens is 2. The van der Waals surface area contributed by atoms with Gasteiger partial charge in [0.25, 0.3) is 0 Å². The zero-order chi connectivity index (χ0) is 10.9. The zero-order valence-electron chi connectivity index (χ0n) is 8.42. The highest BCUT2D eigenvalue weighted by Gasteiger charge is 2.44. The fourth-order valence-electron chi connectivity index (χ4n) is 1.47. The van der Waals surface area contributed by atoms with Crippen LogP contribution in [0.3, 0.4) is 0 Å². The first kappa shape index (κ1) is 11.9. The lowest BCUT2D eigenvalue weighted by Crippen LogP contribution is -2.36. The number of hydrogen-bond acceptors (Lipinski definition) is 3. The molecule has 0 saturated carbocycles. The average molecular weight is 241 g/mol. The summed E-state index contributed by atoms with van der Waals surface area (Å²) >= 11 is 11.3. The fraction of sp³-hybridized carbons (Fsp3) is 0.889. The summed E-state index contributed by atoms with van der Waals surface area (Å²) in [7, 11) is 0. The van der Waals surface area contributed by atoms with Gasteiger partial charge in [-0.1, -0.05) is 20.8 Å². The number of alkyl halides is 2. The molecule has 0 aromatic heterocycles. The standard InChI is InChI=1S/C9H14Cl2O3/c1-9(2,3)7-5(4-6(10)11)13-8(12)14-7/h5-7H,4H2,1-3H3/t5-,7-/m0/s1. The number of cyclic esters (lactones) is 2. The quantitative estimate of drug-likeness (QED) is 0.550. The van der Waals surface area contributed by atoms with E-state index in [1.54, 1.807) is 0 Å². The van der Waals surface area contributed by atoms with Crippen LogP contribution in [0.25, 0.3) is 0 Å². The van der Waals surface area contributed by atoms with Gasteiger partial charge in [-0.15, -0.1) is 23.2 Å². The molecule has 2 atom stereocenters. The average Bonchev–Trinajstić information content (AvgIpc) is 2.28. The minimum absolute atomic E-state index is 0.167. The molecule has 0 aromatic carbocycles. The highest BCUT2D eigenvalue weighted by molar-refractivity contribution is 6.44. The number of ether oxygens (including phenoxy) is 2. The van der Waals surface area contributed by atoms with E-state index in [9.17, 15) is 4.79 Å². The molecule has 0 aliphatic carbocycles. The molecule has 0 aromatic rings. The normalized spacial score (nSPS) is 27.7. The van der Waals surface area contributed by atoms with E-state index in [4.69, 9.17) is 32.7 Å². The molecular formula is C9H14Cl2O3. The minimum Gasteiger partial charge on any atom is -0.427 e. The first-order valence-corrected chi connectivity index (χ1v) is 5.33. The Morgan fingerprint density at radius 2 is 1.93 bits per heavy atom. The number of hydrogen-bond donors (Lipinski definition) is 0. The van der Waals surface area contributed by atoms with Gasteiger partial charge in [0, 0.05) is 11.8 Å². The molecule has 82 valence electrons. The molecule has 1 saturated heterocycles. The van der Waals surface area contributed by atoms with Crippen molar-refractivity contribution in [2.75, 3.05) is 0 Å². The van der Waals surface area contributed by atoms with Crippen LogP contribution in [-0.4, -0.2) is 23.2 Å². The second-order valence-electron chi connectivity index (χ2n) is 4.44. The fourth-order valence-corrected chi connectivity index (χ4v) is 1.83. The Morgan fingerprint density at radius 1 is 1.36 bits per heavy atom. The Kier molecular flexibility index (Phi) is 3.53. The Hall–Kier alpha value is -0.150. The topological polar surface area (TPSA) is 35.5 Å². The van der Waals surface area contributed by atoms with Crippen molar-refractivity contribution in [2.45, 2.75) is 44.2 Å². The Morgan fingerprint density at radius 3 is 2.36 bits per heavy atom. The van der Waals surface area contributed by atoms with E-state index >= 15 is 0 Å². The molecule has 14 heavy (non-hydrogen) atoms. The van der Waals surface area contributed by atoms with Gasteiger partial charge in [0.05, 0.1) is 0 Å². The van der Waals surface area contributed by atoms with Crippen LogP contribution in [0.2, 0.25) is 0 Å². The first-order valence-electron chi connectivity index (χ1n) is 4.46. The number of carbonyl (C=O) groups is 1. The zero-order valence-corrected chi connectivity index (χ0v) is 9.93. The lowest BCUT2D eigenvalue weighted by Gasteiger charge is -2.27. The highest BCUT2D eigenvalue weighted by Crippen LogP contribution is 2.34. The summed E-state index contributed by atoms with van der Waals surface area (Å²) in [5.41, 5.74) is -0.167. The van der Waals surface area contributed by atoms with Gasteiger partial charge in [-0.3, -0.25) is 0 Å². The van der Waals surface area contributed by atoms with Gasteiger partial charge in [-0.2, -0.15) is 0 Å². The third kappa shape index (κ3) is 2.92. The van der Waals surface area contributed by atoms with Gasteiger partial charge < -0.3 is 9.47 Å². The number of carbonyl (C=O) groups excluding carboxylic acids is 1. The summed E-state index contributed by atoms with van der Waals surface area (Å²) in [6.07, 6.45) is -0.863. The summed E-state index contributed by atoms with van der Waals surface area (Å²) in [6, 6.07) is 0. The molecule has 3 nitrogen and oxygen atoms in total. The Labute approximate surface area is 93.6 Å². The van der Waals surface area contributed by atoms with Gasteiger partial charge in [0.15, 0.2) is 0 Å². The smallest absolute Gasteiger partial charge is 0.427 e. The maximum atomic E-state index is 11.0. The van der Waals surface area contributed by atoms with Crippen LogP contribution in [0.15, 0.2) is 0 Å². The van der Waals surface area contributed by atoms with Crippen molar-refractivity contribution in [2.24, 2.45) is 5.41 Å². The summed E-state index contributed by atoms with van der Waals surface area (Å²) in [5, 5.41) is 0. The van der Waals surface area contributed by atoms with Crippen LogP contribution in [-0.2, 0) is 9.47 Å². The van der Waals surface area contributed by atoms with Crippen molar-refractivity contribution in [1.29, 1.82) is 0 Å². The summed E-state index contributed by atoms with van der Waals surface area (Å²) in [6.45, 7) is 5.93. The summed E-state index contributed by atoms with van der Waals surface area (Å²) in [5.74, 6) is 0. The monoisotopic (exact) mass is 240 g/mol. The predicted octanol–water partition coefficient (Wildman–Crippen LogP) is 3.13. The second-order valence-corrected chi connectivity index (χ2v) is 5.71. The van der Waals surface area contributed by atoms with Gasteiger partial charge in [-0.05, 0) is 0 Å².